The van der Waals surface area contributed by atoms with E-state index in [4.69, 9.17) is 21.1 Å². The summed E-state index contributed by atoms with van der Waals surface area (Å²) in [6.45, 7) is 1.51. The van der Waals surface area contributed by atoms with Gasteiger partial charge < -0.3 is 14.4 Å². The zero-order chi connectivity index (χ0) is 21.0. The SMILES string of the molecule is CS(=O)(=O)c1ncc(Cl)c(C(=O)O[C@H](C(=O)N2CCOCC2)c2ccccc2)n1. The first-order valence-electron chi connectivity index (χ1n) is 8.62. The summed E-state index contributed by atoms with van der Waals surface area (Å²) in [5, 5.41) is -0.752. The van der Waals surface area contributed by atoms with Crippen LogP contribution in [-0.2, 0) is 24.1 Å². The first kappa shape index (κ1) is 21.2. The first-order valence-corrected chi connectivity index (χ1v) is 10.9. The van der Waals surface area contributed by atoms with Crippen LogP contribution in [0.15, 0.2) is 41.7 Å². The maximum atomic E-state index is 13.0. The maximum Gasteiger partial charge on any atom is 0.359 e. The van der Waals surface area contributed by atoms with Gasteiger partial charge in [-0.25, -0.2) is 23.2 Å². The van der Waals surface area contributed by atoms with Crippen molar-refractivity contribution in [1.29, 1.82) is 0 Å². The molecule has 0 N–H and O–H groups in total. The van der Waals surface area contributed by atoms with Gasteiger partial charge >= 0.3 is 5.97 Å². The molecule has 1 aromatic heterocycles. The standard InChI is InChI=1S/C18H18ClN3O6S/c1-29(25,26)18-20-11-13(19)14(21-18)17(24)28-15(12-5-3-2-4-6-12)16(23)22-7-9-27-10-8-22/h2-6,11,15H,7-10H2,1H3/t15-/m0/s1. The maximum absolute atomic E-state index is 13.0. The van der Waals surface area contributed by atoms with Crippen LogP contribution < -0.4 is 0 Å². The van der Waals surface area contributed by atoms with Crippen molar-refractivity contribution < 1.29 is 27.5 Å². The third-order valence-corrected chi connectivity index (χ3v) is 5.26. The van der Waals surface area contributed by atoms with Gasteiger partial charge in [0.25, 0.3) is 5.91 Å². The predicted octanol–water partition coefficient (Wildman–Crippen LogP) is 1.29. The van der Waals surface area contributed by atoms with Gasteiger partial charge in [0, 0.05) is 24.9 Å². The van der Waals surface area contributed by atoms with Gasteiger partial charge in [-0.2, -0.15) is 0 Å². The van der Waals surface area contributed by atoms with Gasteiger partial charge in [0.15, 0.2) is 5.69 Å². The Morgan fingerprint density at radius 3 is 2.48 bits per heavy atom. The zero-order valence-corrected chi connectivity index (χ0v) is 17.0. The summed E-state index contributed by atoms with van der Waals surface area (Å²) in [7, 11) is -3.77. The Hall–Kier alpha value is -2.56. The van der Waals surface area contributed by atoms with Crippen LogP contribution in [0.1, 0.15) is 22.2 Å². The molecule has 1 fully saturated rings. The van der Waals surface area contributed by atoms with Crippen molar-refractivity contribution in [2.45, 2.75) is 11.3 Å². The van der Waals surface area contributed by atoms with E-state index in [2.05, 4.69) is 9.97 Å². The van der Waals surface area contributed by atoms with Gasteiger partial charge in [0.2, 0.25) is 21.1 Å². The lowest BCUT2D eigenvalue weighted by Crippen LogP contribution is -2.44. The largest absolute Gasteiger partial charge is 0.443 e. The number of ether oxygens (including phenoxy) is 2. The third kappa shape index (κ3) is 5.08. The molecule has 3 rings (SSSR count). The van der Waals surface area contributed by atoms with E-state index >= 15 is 0 Å². The second kappa shape index (κ2) is 8.85. The van der Waals surface area contributed by atoms with E-state index in [-0.39, 0.29) is 5.02 Å². The summed E-state index contributed by atoms with van der Waals surface area (Å²) in [5.74, 6) is -1.45. The summed E-state index contributed by atoms with van der Waals surface area (Å²) in [4.78, 5) is 34.6. The number of hydrogen-bond acceptors (Lipinski definition) is 8. The molecule has 1 amide bonds. The van der Waals surface area contributed by atoms with Gasteiger partial charge in [0.05, 0.1) is 24.4 Å². The fraction of sp³-hybridized carbons (Fsp3) is 0.333. The number of morpholine rings is 1. The van der Waals surface area contributed by atoms with Crippen LogP contribution in [0.2, 0.25) is 5.02 Å². The molecule has 0 unspecified atom stereocenters. The van der Waals surface area contributed by atoms with Crippen LogP contribution in [0, 0.1) is 0 Å². The predicted molar refractivity (Wildman–Crippen MR) is 102 cm³/mol. The molecule has 0 radical (unpaired) electrons. The number of amides is 1. The number of halogens is 1. The number of esters is 1. The summed E-state index contributed by atoms with van der Waals surface area (Å²) in [5.41, 5.74) is 0.0312. The Kier molecular flexibility index (Phi) is 6.46. The van der Waals surface area contributed by atoms with Crippen molar-refractivity contribution in [3.05, 3.63) is 52.8 Å². The number of aromatic nitrogens is 2. The number of sulfone groups is 1. The molecule has 1 aromatic carbocycles. The molecule has 0 saturated carbocycles. The molecule has 29 heavy (non-hydrogen) atoms. The molecule has 154 valence electrons. The molecular formula is C18H18ClN3O6S. The van der Waals surface area contributed by atoms with Crippen molar-refractivity contribution >= 4 is 33.3 Å². The minimum absolute atomic E-state index is 0.187. The first-order chi connectivity index (χ1) is 13.8. The Morgan fingerprint density at radius 1 is 1.21 bits per heavy atom. The van der Waals surface area contributed by atoms with Crippen molar-refractivity contribution in [3.63, 3.8) is 0 Å². The normalized spacial score (nSPS) is 15.6. The van der Waals surface area contributed by atoms with Crippen molar-refractivity contribution in [2.75, 3.05) is 32.6 Å². The van der Waals surface area contributed by atoms with Crippen LogP contribution in [0.5, 0.6) is 0 Å². The van der Waals surface area contributed by atoms with E-state index in [1.165, 1.54) is 4.90 Å². The van der Waals surface area contributed by atoms with Gasteiger partial charge in [-0.3, -0.25) is 4.79 Å². The summed E-state index contributed by atoms with van der Waals surface area (Å²) >= 11 is 5.97. The van der Waals surface area contributed by atoms with Crippen LogP contribution >= 0.6 is 11.6 Å². The van der Waals surface area contributed by atoms with Crippen molar-refractivity contribution in [3.8, 4) is 0 Å². The number of nitrogens with zero attached hydrogens (tertiary/aromatic N) is 3. The highest BCUT2D eigenvalue weighted by Gasteiger charge is 2.32. The van der Waals surface area contributed by atoms with E-state index in [1.807, 2.05) is 0 Å². The van der Waals surface area contributed by atoms with E-state index in [0.717, 1.165) is 12.5 Å². The molecule has 1 atom stereocenters. The van der Waals surface area contributed by atoms with Crippen LogP contribution in [0.3, 0.4) is 0 Å². The Morgan fingerprint density at radius 2 is 1.86 bits per heavy atom. The molecule has 11 heteroatoms. The summed E-state index contributed by atoms with van der Waals surface area (Å²) < 4.78 is 34.1. The molecule has 0 spiro atoms. The number of rotatable bonds is 5. The summed E-state index contributed by atoms with van der Waals surface area (Å²) in [6.07, 6.45) is 0.664. The minimum Gasteiger partial charge on any atom is -0.443 e. The van der Waals surface area contributed by atoms with Crippen LogP contribution in [0.25, 0.3) is 0 Å². The van der Waals surface area contributed by atoms with Crippen LogP contribution in [0.4, 0.5) is 0 Å². The molecule has 1 aliphatic heterocycles. The Labute approximate surface area is 172 Å². The topological polar surface area (TPSA) is 116 Å². The third-order valence-electron chi connectivity index (χ3n) is 4.12. The van der Waals surface area contributed by atoms with Crippen molar-refractivity contribution in [2.24, 2.45) is 0 Å². The quantitative estimate of drug-likeness (QED) is 0.505. The Balaban J connectivity index is 1.92. The lowest BCUT2D eigenvalue weighted by molar-refractivity contribution is -0.145. The van der Waals surface area contributed by atoms with Gasteiger partial charge in [-0.15, -0.1) is 0 Å². The molecule has 0 aliphatic carbocycles. The number of hydrogen-bond donors (Lipinski definition) is 0. The molecule has 1 saturated heterocycles. The van der Waals surface area contributed by atoms with Gasteiger partial charge in [-0.05, 0) is 0 Å². The number of carbonyl (C=O) groups is 2. The van der Waals surface area contributed by atoms with Crippen molar-refractivity contribution in [1.82, 2.24) is 14.9 Å². The fourth-order valence-electron chi connectivity index (χ4n) is 2.67. The monoisotopic (exact) mass is 439 g/mol. The zero-order valence-electron chi connectivity index (χ0n) is 15.4. The lowest BCUT2D eigenvalue weighted by atomic mass is 10.1. The Bertz CT molecular complexity index is 1010. The highest BCUT2D eigenvalue weighted by atomic mass is 35.5. The minimum atomic E-state index is -3.77. The van der Waals surface area contributed by atoms with E-state index in [9.17, 15) is 18.0 Å². The molecule has 9 nitrogen and oxygen atoms in total. The second-order valence-electron chi connectivity index (χ2n) is 6.25. The average molecular weight is 440 g/mol. The van der Waals surface area contributed by atoms with E-state index in [1.54, 1.807) is 30.3 Å². The molecule has 2 aromatic rings. The summed E-state index contributed by atoms with van der Waals surface area (Å²) in [6, 6.07) is 8.49. The van der Waals surface area contributed by atoms with E-state index in [0.29, 0.717) is 31.9 Å². The molecule has 0 bridgehead atoms. The number of benzene rings is 1. The second-order valence-corrected chi connectivity index (χ2v) is 8.57. The van der Waals surface area contributed by atoms with Gasteiger partial charge in [-0.1, -0.05) is 41.9 Å². The highest BCUT2D eigenvalue weighted by Crippen LogP contribution is 2.24. The van der Waals surface area contributed by atoms with Crippen LogP contribution in [-0.4, -0.2) is 67.7 Å². The number of carbonyl (C=O) groups excluding carboxylic acids is 2. The van der Waals surface area contributed by atoms with E-state index < -0.39 is 38.7 Å². The molecular weight excluding hydrogens is 422 g/mol. The fourth-order valence-corrected chi connectivity index (χ4v) is 3.34. The smallest absolute Gasteiger partial charge is 0.359 e. The molecule has 2 heterocycles. The molecule has 1 aliphatic rings. The lowest BCUT2D eigenvalue weighted by Gasteiger charge is -2.30. The van der Waals surface area contributed by atoms with Gasteiger partial charge in [0.1, 0.15) is 0 Å². The average Bonchev–Trinajstić information content (AvgIpc) is 2.72. The highest BCUT2D eigenvalue weighted by molar-refractivity contribution is 7.90.